The normalized spacial score (nSPS) is 13.8. The van der Waals surface area contributed by atoms with Gasteiger partial charge in [-0.15, -0.1) is 11.3 Å². The van der Waals surface area contributed by atoms with Crippen LogP contribution in [0.2, 0.25) is 0 Å². The summed E-state index contributed by atoms with van der Waals surface area (Å²) in [6.07, 6.45) is 3.06. The van der Waals surface area contributed by atoms with E-state index in [4.69, 9.17) is 9.72 Å². The molecule has 0 radical (unpaired) electrons. The van der Waals surface area contributed by atoms with Gasteiger partial charge in [0.2, 0.25) is 5.91 Å². The third-order valence-corrected chi connectivity index (χ3v) is 6.00. The molecule has 6 heteroatoms. The number of nitrogens with zero attached hydrogens (tertiary/aromatic N) is 3. The van der Waals surface area contributed by atoms with Crippen molar-refractivity contribution in [3.8, 4) is 5.75 Å². The molecule has 152 valence electrons. The lowest BCUT2D eigenvalue weighted by Crippen LogP contribution is -2.34. The maximum atomic E-state index is 12.6. The van der Waals surface area contributed by atoms with E-state index in [0.29, 0.717) is 19.1 Å². The summed E-state index contributed by atoms with van der Waals surface area (Å²) in [4.78, 5) is 21.5. The molecule has 1 amide bonds. The van der Waals surface area contributed by atoms with Gasteiger partial charge in [-0.25, -0.2) is 4.98 Å². The summed E-state index contributed by atoms with van der Waals surface area (Å²) in [6.45, 7) is 7.01. The second-order valence-corrected chi connectivity index (χ2v) is 8.85. The third-order valence-electron chi connectivity index (χ3n) is 5.13. The van der Waals surface area contributed by atoms with Crippen molar-refractivity contribution < 1.29 is 9.53 Å². The Bertz CT molecular complexity index is 799. The molecule has 1 aliphatic carbocycles. The number of amides is 1. The second-order valence-electron chi connectivity index (χ2n) is 7.91. The van der Waals surface area contributed by atoms with Gasteiger partial charge in [-0.2, -0.15) is 0 Å². The van der Waals surface area contributed by atoms with Crippen molar-refractivity contribution in [1.82, 2.24) is 14.8 Å². The van der Waals surface area contributed by atoms with Crippen molar-refractivity contribution in [1.29, 1.82) is 0 Å². The van der Waals surface area contributed by atoms with Crippen LogP contribution >= 0.6 is 11.3 Å². The number of benzene rings is 1. The van der Waals surface area contributed by atoms with Gasteiger partial charge in [0.25, 0.3) is 0 Å². The van der Waals surface area contributed by atoms with Crippen LogP contribution in [-0.4, -0.2) is 47.9 Å². The molecule has 2 aromatic rings. The summed E-state index contributed by atoms with van der Waals surface area (Å²) in [6, 6.07) is 6.10. The van der Waals surface area contributed by atoms with Gasteiger partial charge in [0.15, 0.2) is 0 Å². The fourth-order valence-corrected chi connectivity index (χ4v) is 3.83. The average Bonchev–Trinajstić information content (AvgIpc) is 3.41. The molecule has 1 aromatic carbocycles. The summed E-state index contributed by atoms with van der Waals surface area (Å²) in [7, 11) is 4.13. The van der Waals surface area contributed by atoms with E-state index in [9.17, 15) is 4.79 Å². The Kier molecular flexibility index (Phi) is 7.08. The van der Waals surface area contributed by atoms with Crippen LogP contribution < -0.4 is 4.74 Å². The van der Waals surface area contributed by atoms with E-state index < -0.39 is 0 Å². The zero-order chi connectivity index (χ0) is 20.1. The molecule has 0 atom stereocenters. The fraction of sp³-hybridized carbons (Fsp3) is 0.545. The van der Waals surface area contributed by atoms with Crippen LogP contribution in [0.25, 0.3) is 0 Å². The van der Waals surface area contributed by atoms with Gasteiger partial charge in [0, 0.05) is 17.8 Å². The van der Waals surface area contributed by atoms with Crippen molar-refractivity contribution in [3.05, 3.63) is 45.4 Å². The zero-order valence-electron chi connectivity index (χ0n) is 17.4. The molecule has 0 N–H and O–H groups in total. The van der Waals surface area contributed by atoms with Crippen LogP contribution in [0.15, 0.2) is 23.6 Å². The number of aromatic nitrogens is 1. The number of hydrogen-bond donors (Lipinski definition) is 0. The second kappa shape index (κ2) is 9.52. The van der Waals surface area contributed by atoms with Crippen LogP contribution in [0, 0.1) is 19.8 Å². The smallest absolute Gasteiger partial charge is 0.226 e. The average molecular weight is 402 g/mol. The minimum absolute atomic E-state index is 0.241. The highest BCUT2D eigenvalue weighted by Crippen LogP contribution is 2.31. The maximum Gasteiger partial charge on any atom is 0.226 e. The van der Waals surface area contributed by atoms with Gasteiger partial charge in [-0.3, -0.25) is 4.79 Å². The van der Waals surface area contributed by atoms with Crippen molar-refractivity contribution in [2.45, 2.75) is 46.3 Å². The lowest BCUT2D eigenvalue weighted by Gasteiger charge is -2.22. The fourth-order valence-electron chi connectivity index (χ4n) is 3.14. The number of aryl methyl sites for hydroxylation is 1. The Morgan fingerprint density at radius 3 is 2.75 bits per heavy atom. The highest BCUT2D eigenvalue weighted by atomic mass is 32.1. The van der Waals surface area contributed by atoms with Gasteiger partial charge >= 0.3 is 0 Å². The molecule has 0 spiro atoms. The molecule has 1 heterocycles. The Morgan fingerprint density at radius 1 is 1.25 bits per heavy atom. The molecular formula is C22H31N3O2S. The van der Waals surface area contributed by atoms with Crippen molar-refractivity contribution in [2.24, 2.45) is 5.92 Å². The van der Waals surface area contributed by atoms with E-state index in [-0.39, 0.29) is 5.92 Å². The van der Waals surface area contributed by atoms with E-state index >= 15 is 0 Å². The van der Waals surface area contributed by atoms with E-state index in [1.807, 2.05) is 17.0 Å². The van der Waals surface area contributed by atoms with Crippen LogP contribution in [0.1, 0.15) is 41.1 Å². The largest absolute Gasteiger partial charge is 0.486 e. The van der Waals surface area contributed by atoms with E-state index in [1.54, 1.807) is 11.3 Å². The molecule has 0 unspecified atom stereocenters. The predicted molar refractivity (Wildman–Crippen MR) is 114 cm³/mol. The van der Waals surface area contributed by atoms with Crippen molar-refractivity contribution in [3.63, 3.8) is 0 Å². The predicted octanol–water partition coefficient (Wildman–Crippen LogP) is 4.03. The van der Waals surface area contributed by atoms with E-state index in [1.165, 1.54) is 11.1 Å². The number of rotatable bonds is 10. The van der Waals surface area contributed by atoms with Crippen molar-refractivity contribution >= 4 is 17.2 Å². The Labute approximate surface area is 172 Å². The first kappa shape index (κ1) is 20.8. The quantitative estimate of drug-likeness (QED) is 0.603. The van der Waals surface area contributed by atoms with Crippen LogP contribution in [0.3, 0.4) is 0 Å². The first-order valence-corrected chi connectivity index (χ1v) is 10.9. The number of carbonyl (C=O) groups is 1. The summed E-state index contributed by atoms with van der Waals surface area (Å²) in [5.41, 5.74) is 3.36. The molecule has 1 aliphatic rings. The number of hydrogen-bond acceptors (Lipinski definition) is 5. The molecule has 0 bridgehead atoms. The summed E-state index contributed by atoms with van der Waals surface area (Å²) >= 11 is 1.60. The van der Waals surface area contributed by atoms with Crippen LogP contribution in [0.4, 0.5) is 0 Å². The highest BCUT2D eigenvalue weighted by Gasteiger charge is 2.33. The monoisotopic (exact) mass is 401 g/mol. The lowest BCUT2D eigenvalue weighted by molar-refractivity contribution is -0.133. The minimum atomic E-state index is 0.241. The standard InChI is InChI=1S/C22H31N3O2S/c1-16-7-5-8-20(17(16)2)27-14-21-23-19(15-28-21)13-25(12-6-11-24(3)4)22(26)18-9-10-18/h5,7-8,15,18H,6,9-14H2,1-4H3. The molecule has 1 saturated carbocycles. The molecule has 1 aromatic heterocycles. The molecule has 3 rings (SSSR count). The van der Waals surface area contributed by atoms with Gasteiger partial charge in [0.1, 0.15) is 17.4 Å². The first-order valence-electron chi connectivity index (χ1n) is 10.00. The maximum absolute atomic E-state index is 12.6. The number of ether oxygens (including phenoxy) is 1. The van der Waals surface area contributed by atoms with Gasteiger partial charge in [0.05, 0.1) is 12.2 Å². The molecular weight excluding hydrogens is 370 g/mol. The van der Waals surface area contributed by atoms with E-state index in [0.717, 1.165) is 48.8 Å². The molecule has 0 aliphatic heterocycles. The third kappa shape index (κ3) is 5.79. The Morgan fingerprint density at radius 2 is 2.04 bits per heavy atom. The van der Waals surface area contributed by atoms with Crippen LogP contribution in [0.5, 0.6) is 5.75 Å². The highest BCUT2D eigenvalue weighted by molar-refractivity contribution is 7.09. The topological polar surface area (TPSA) is 45.7 Å². The van der Waals surface area contributed by atoms with Gasteiger partial charge in [-0.1, -0.05) is 12.1 Å². The van der Waals surface area contributed by atoms with Crippen molar-refractivity contribution in [2.75, 3.05) is 27.2 Å². The first-order chi connectivity index (χ1) is 13.4. The summed E-state index contributed by atoms with van der Waals surface area (Å²) in [5.74, 6) is 1.44. The molecule has 5 nitrogen and oxygen atoms in total. The zero-order valence-corrected chi connectivity index (χ0v) is 18.2. The molecule has 1 fully saturated rings. The summed E-state index contributed by atoms with van der Waals surface area (Å²) < 4.78 is 5.97. The van der Waals surface area contributed by atoms with E-state index in [2.05, 4.69) is 44.3 Å². The van der Waals surface area contributed by atoms with Crippen LogP contribution in [-0.2, 0) is 17.9 Å². The minimum Gasteiger partial charge on any atom is -0.486 e. The van der Waals surface area contributed by atoms with Gasteiger partial charge in [-0.05, 0) is 70.9 Å². The number of thiazole rings is 1. The number of carbonyl (C=O) groups excluding carboxylic acids is 1. The molecule has 28 heavy (non-hydrogen) atoms. The summed E-state index contributed by atoms with van der Waals surface area (Å²) in [5, 5.41) is 3.00. The Balaban J connectivity index is 1.57. The lowest BCUT2D eigenvalue weighted by atomic mass is 10.1. The SMILES string of the molecule is Cc1cccc(OCc2nc(CN(CCCN(C)C)C(=O)C3CC3)cs2)c1C. The Hall–Kier alpha value is -1.92. The van der Waals surface area contributed by atoms with Gasteiger partial charge < -0.3 is 14.5 Å². The molecule has 0 saturated heterocycles.